The molecular formula is C10H12O3. The Morgan fingerprint density at radius 2 is 2.00 bits per heavy atom. The van der Waals surface area contributed by atoms with Crippen molar-refractivity contribution in [3.8, 4) is 11.8 Å². The summed E-state index contributed by atoms with van der Waals surface area (Å²) in [6.07, 6.45) is 2.73. The number of carbonyl (C=O) groups excluding carboxylic acids is 1. The molecule has 0 aliphatic heterocycles. The van der Waals surface area contributed by atoms with E-state index in [0.717, 1.165) is 6.08 Å². The molecule has 0 amide bonds. The largest absolute Gasteiger partial charge is 0.449 e. The van der Waals surface area contributed by atoms with Gasteiger partial charge in [-0.2, -0.15) is 0 Å². The number of rotatable bonds is 5. The molecule has 0 radical (unpaired) electrons. The van der Waals surface area contributed by atoms with Crippen molar-refractivity contribution in [1.29, 1.82) is 0 Å². The van der Waals surface area contributed by atoms with Gasteiger partial charge < -0.3 is 9.47 Å². The van der Waals surface area contributed by atoms with E-state index in [9.17, 15) is 4.79 Å². The lowest BCUT2D eigenvalue weighted by atomic mass is 10.6. The number of carbonyl (C=O) groups is 1. The molecule has 0 saturated heterocycles. The van der Waals surface area contributed by atoms with Crippen LogP contribution >= 0.6 is 0 Å². The van der Waals surface area contributed by atoms with Crippen molar-refractivity contribution < 1.29 is 14.3 Å². The summed E-state index contributed by atoms with van der Waals surface area (Å²) in [5.74, 6) is 4.81. The fourth-order valence-corrected chi connectivity index (χ4v) is 0.461. The van der Waals surface area contributed by atoms with E-state index in [4.69, 9.17) is 4.74 Å². The second-order valence-electron chi connectivity index (χ2n) is 1.97. The number of hydrogen-bond acceptors (Lipinski definition) is 3. The van der Waals surface area contributed by atoms with Crippen molar-refractivity contribution in [1.82, 2.24) is 0 Å². The van der Waals surface area contributed by atoms with Crippen LogP contribution in [0.25, 0.3) is 0 Å². The summed E-state index contributed by atoms with van der Waals surface area (Å²) in [6, 6.07) is 0. The van der Waals surface area contributed by atoms with Gasteiger partial charge in [0, 0.05) is 6.08 Å². The molecule has 0 saturated carbocycles. The van der Waals surface area contributed by atoms with Crippen LogP contribution in [0.4, 0.5) is 0 Å². The van der Waals surface area contributed by atoms with Gasteiger partial charge in [-0.25, -0.2) is 4.79 Å². The maximum absolute atomic E-state index is 10.5. The Bertz CT molecular complexity index is 232. The van der Waals surface area contributed by atoms with E-state index >= 15 is 0 Å². The quantitative estimate of drug-likeness (QED) is 0.207. The zero-order valence-corrected chi connectivity index (χ0v) is 7.41. The standard InChI is InChI=1S/C10H12O3/c1-3-7-12-8-5-6-9-13-10(11)4-2/h3-4H,1-2,7-9H2. The van der Waals surface area contributed by atoms with Crippen LogP contribution < -0.4 is 0 Å². The van der Waals surface area contributed by atoms with E-state index in [1.54, 1.807) is 6.08 Å². The zero-order valence-electron chi connectivity index (χ0n) is 7.41. The Kier molecular flexibility index (Phi) is 7.56. The van der Waals surface area contributed by atoms with Crippen molar-refractivity contribution in [3.05, 3.63) is 25.3 Å². The highest BCUT2D eigenvalue weighted by Gasteiger charge is 1.89. The molecule has 0 aromatic carbocycles. The van der Waals surface area contributed by atoms with Gasteiger partial charge in [0.2, 0.25) is 0 Å². The van der Waals surface area contributed by atoms with E-state index in [-0.39, 0.29) is 6.61 Å². The highest BCUT2D eigenvalue weighted by Crippen LogP contribution is 1.77. The lowest BCUT2D eigenvalue weighted by Gasteiger charge is -1.93. The van der Waals surface area contributed by atoms with Crippen LogP contribution in [-0.4, -0.2) is 25.8 Å². The first-order chi connectivity index (χ1) is 6.31. The summed E-state index contributed by atoms with van der Waals surface area (Å²) in [5, 5.41) is 0. The molecule has 0 rings (SSSR count). The third kappa shape index (κ3) is 8.38. The van der Waals surface area contributed by atoms with Gasteiger partial charge in [-0.15, -0.1) is 6.58 Å². The molecule has 0 aromatic heterocycles. The van der Waals surface area contributed by atoms with E-state index in [2.05, 4.69) is 29.7 Å². The molecule has 0 aliphatic carbocycles. The maximum Gasteiger partial charge on any atom is 0.331 e. The lowest BCUT2D eigenvalue weighted by molar-refractivity contribution is -0.136. The minimum atomic E-state index is -0.471. The van der Waals surface area contributed by atoms with Gasteiger partial charge in [0.1, 0.15) is 6.61 Å². The van der Waals surface area contributed by atoms with E-state index < -0.39 is 5.97 Å². The van der Waals surface area contributed by atoms with Crippen molar-refractivity contribution in [2.24, 2.45) is 0 Å². The molecule has 0 heterocycles. The fraction of sp³-hybridized carbons (Fsp3) is 0.300. The monoisotopic (exact) mass is 180 g/mol. The second kappa shape index (κ2) is 8.57. The van der Waals surface area contributed by atoms with Gasteiger partial charge in [-0.1, -0.05) is 24.5 Å². The lowest BCUT2D eigenvalue weighted by Crippen LogP contribution is -2.00. The Morgan fingerprint density at radius 3 is 2.62 bits per heavy atom. The van der Waals surface area contributed by atoms with Crippen LogP contribution in [0.2, 0.25) is 0 Å². The Morgan fingerprint density at radius 1 is 1.31 bits per heavy atom. The summed E-state index contributed by atoms with van der Waals surface area (Å²) < 4.78 is 9.56. The summed E-state index contributed by atoms with van der Waals surface area (Å²) in [4.78, 5) is 10.5. The second-order valence-corrected chi connectivity index (χ2v) is 1.97. The summed E-state index contributed by atoms with van der Waals surface area (Å²) in [7, 11) is 0. The van der Waals surface area contributed by atoms with E-state index in [1.807, 2.05) is 0 Å². The van der Waals surface area contributed by atoms with Gasteiger partial charge in [-0.3, -0.25) is 0 Å². The van der Waals surface area contributed by atoms with Crippen molar-refractivity contribution in [3.63, 3.8) is 0 Å². The molecule has 0 N–H and O–H groups in total. The molecule has 3 heteroatoms. The first-order valence-electron chi connectivity index (χ1n) is 3.74. The molecule has 0 unspecified atom stereocenters. The average Bonchev–Trinajstić information content (AvgIpc) is 2.16. The zero-order chi connectivity index (χ0) is 9.94. The predicted octanol–water partition coefficient (Wildman–Crippen LogP) is 0.922. The third-order valence-electron chi connectivity index (χ3n) is 0.988. The number of esters is 1. The molecule has 0 atom stereocenters. The molecule has 13 heavy (non-hydrogen) atoms. The smallest absolute Gasteiger partial charge is 0.331 e. The molecule has 0 aliphatic rings. The number of ether oxygens (including phenoxy) is 2. The van der Waals surface area contributed by atoms with E-state index in [0.29, 0.717) is 13.2 Å². The van der Waals surface area contributed by atoms with Gasteiger partial charge in [-0.05, 0) is 0 Å². The Balaban J connectivity index is 3.34. The van der Waals surface area contributed by atoms with Gasteiger partial charge >= 0.3 is 5.97 Å². The van der Waals surface area contributed by atoms with Crippen LogP contribution in [0.5, 0.6) is 0 Å². The van der Waals surface area contributed by atoms with Crippen LogP contribution in [0.1, 0.15) is 0 Å². The Hall–Kier alpha value is -1.53. The molecular weight excluding hydrogens is 168 g/mol. The van der Waals surface area contributed by atoms with Crippen LogP contribution in [0.15, 0.2) is 25.3 Å². The van der Waals surface area contributed by atoms with Gasteiger partial charge in [0.05, 0.1) is 6.61 Å². The fourth-order valence-electron chi connectivity index (χ4n) is 0.461. The predicted molar refractivity (Wildman–Crippen MR) is 49.9 cm³/mol. The summed E-state index contributed by atoms with van der Waals surface area (Å²) in [5.41, 5.74) is 0. The third-order valence-corrected chi connectivity index (χ3v) is 0.988. The average molecular weight is 180 g/mol. The van der Waals surface area contributed by atoms with Crippen molar-refractivity contribution in [2.75, 3.05) is 19.8 Å². The minimum Gasteiger partial charge on any atom is -0.449 e. The normalized spacial score (nSPS) is 8.00. The van der Waals surface area contributed by atoms with Crippen molar-refractivity contribution in [2.45, 2.75) is 0 Å². The first-order valence-corrected chi connectivity index (χ1v) is 3.74. The van der Waals surface area contributed by atoms with Crippen LogP contribution in [-0.2, 0) is 14.3 Å². The number of hydrogen-bond donors (Lipinski definition) is 0. The van der Waals surface area contributed by atoms with E-state index in [1.165, 1.54) is 0 Å². The maximum atomic E-state index is 10.5. The minimum absolute atomic E-state index is 0.0717. The molecule has 3 nitrogen and oxygen atoms in total. The van der Waals surface area contributed by atoms with Gasteiger partial charge in [0.25, 0.3) is 0 Å². The highest BCUT2D eigenvalue weighted by molar-refractivity contribution is 5.81. The Labute approximate surface area is 78.0 Å². The summed E-state index contributed by atoms with van der Waals surface area (Å²) in [6.45, 7) is 7.58. The van der Waals surface area contributed by atoms with Crippen LogP contribution in [0, 0.1) is 11.8 Å². The molecule has 0 aromatic rings. The molecule has 0 bridgehead atoms. The molecule has 70 valence electrons. The van der Waals surface area contributed by atoms with Crippen LogP contribution in [0.3, 0.4) is 0 Å². The molecule has 0 fully saturated rings. The SMILES string of the molecule is C=CCOCC#CCOC(=O)C=C. The van der Waals surface area contributed by atoms with Crippen molar-refractivity contribution >= 4 is 5.97 Å². The topological polar surface area (TPSA) is 35.5 Å². The highest BCUT2D eigenvalue weighted by atomic mass is 16.5. The summed E-state index contributed by atoms with van der Waals surface area (Å²) >= 11 is 0. The first kappa shape index (κ1) is 11.5. The molecule has 0 spiro atoms. The van der Waals surface area contributed by atoms with Gasteiger partial charge in [0.15, 0.2) is 6.61 Å².